The second kappa shape index (κ2) is 6.12. The summed E-state index contributed by atoms with van der Waals surface area (Å²) < 4.78 is 7.66. The molecule has 0 aliphatic carbocycles. The number of aromatic nitrogens is 3. The number of hydrogen-bond acceptors (Lipinski definition) is 5. The Bertz CT molecular complexity index is 731. The predicted octanol–water partition coefficient (Wildman–Crippen LogP) is 0.366. The van der Waals surface area contributed by atoms with Crippen LogP contribution in [0.1, 0.15) is 21.1 Å². The summed E-state index contributed by atoms with van der Waals surface area (Å²) in [6, 6.07) is 1.50. The highest BCUT2D eigenvalue weighted by molar-refractivity contribution is 6.03. The van der Waals surface area contributed by atoms with Crippen molar-refractivity contribution in [1.29, 1.82) is 0 Å². The third-order valence-corrected chi connectivity index (χ3v) is 2.94. The Labute approximate surface area is 125 Å². The van der Waals surface area contributed by atoms with E-state index < -0.39 is 11.9 Å². The molecule has 9 heteroatoms. The monoisotopic (exact) mass is 305 g/mol. The minimum Gasteiger partial charge on any atom is -0.464 e. The Morgan fingerprint density at radius 3 is 2.64 bits per heavy atom. The van der Waals surface area contributed by atoms with Gasteiger partial charge in [-0.15, -0.1) is 0 Å². The standard InChI is InChI=1S/C13H15N5O4/c1-17-5-8(4-9(17)13(21)22-3)15-12(20)11-16-10(14-7-19)6-18(11)2/h4-7H,1-3H3,(H,14,19)(H,15,20). The van der Waals surface area contributed by atoms with Crippen LogP contribution in [-0.4, -0.2) is 39.5 Å². The lowest BCUT2D eigenvalue weighted by Crippen LogP contribution is -2.16. The van der Waals surface area contributed by atoms with Crippen LogP contribution in [0.3, 0.4) is 0 Å². The minimum absolute atomic E-state index is 0.118. The number of ether oxygens (including phenoxy) is 1. The lowest BCUT2D eigenvalue weighted by Gasteiger charge is -2.01. The zero-order valence-corrected chi connectivity index (χ0v) is 12.3. The van der Waals surface area contributed by atoms with Gasteiger partial charge >= 0.3 is 5.97 Å². The van der Waals surface area contributed by atoms with Gasteiger partial charge in [0, 0.05) is 26.5 Å². The van der Waals surface area contributed by atoms with Gasteiger partial charge in [0.05, 0.1) is 12.8 Å². The molecule has 0 atom stereocenters. The first-order valence-electron chi connectivity index (χ1n) is 6.25. The highest BCUT2D eigenvalue weighted by Gasteiger charge is 2.17. The second-order valence-corrected chi connectivity index (χ2v) is 4.49. The summed E-state index contributed by atoms with van der Waals surface area (Å²) in [5, 5.41) is 4.99. The van der Waals surface area contributed by atoms with Crippen LogP contribution in [0.5, 0.6) is 0 Å². The minimum atomic E-state index is -0.502. The van der Waals surface area contributed by atoms with E-state index in [9.17, 15) is 14.4 Å². The maximum atomic E-state index is 12.2. The Morgan fingerprint density at radius 2 is 2.00 bits per heavy atom. The van der Waals surface area contributed by atoms with Crippen molar-refractivity contribution in [2.75, 3.05) is 17.7 Å². The topological polar surface area (TPSA) is 107 Å². The molecule has 2 aromatic rings. The number of amides is 2. The van der Waals surface area contributed by atoms with E-state index in [1.807, 2.05) is 0 Å². The SMILES string of the molecule is COC(=O)c1cc(NC(=O)c2nc(NC=O)cn2C)cn1C. The van der Waals surface area contributed by atoms with E-state index in [0.29, 0.717) is 17.8 Å². The van der Waals surface area contributed by atoms with E-state index in [1.54, 1.807) is 24.9 Å². The highest BCUT2D eigenvalue weighted by atomic mass is 16.5. The fourth-order valence-corrected chi connectivity index (χ4v) is 1.93. The molecule has 0 saturated carbocycles. The molecule has 2 heterocycles. The van der Waals surface area contributed by atoms with Gasteiger partial charge in [-0.2, -0.15) is 0 Å². The lowest BCUT2D eigenvalue weighted by molar-refractivity contribution is -0.105. The summed E-state index contributed by atoms with van der Waals surface area (Å²) in [5.74, 6) is -0.584. The van der Waals surface area contributed by atoms with Gasteiger partial charge in [-0.05, 0) is 6.07 Å². The summed E-state index contributed by atoms with van der Waals surface area (Å²) in [4.78, 5) is 38.1. The molecule has 22 heavy (non-hydrogen) atoms. The Balaban J connectivity index is 2.18. The molecular formula is C13H15N5O4. The molecular weight excluding hydrogens is 290 g/mol. The first kappa shape index (κ1) is 15.3. The van der Waals surface area contributed by atoms with Crippen molar-refractivity contribution >= 4 is 29.8 Å². The van der Waals surface area contributed by atoms with Gasteiger partial charge in [0.15, 0.2) is 5.82 Å². The summed E-state index contributed by atoms with van der Waals surface area (Å²) in [6.45, 7) is 0. The Kier molecular flexibility index (Phi) is 4.25. The summed E-state index contributed by atoms with van der Waals surface area (Å²) in [7, 11) is 4.57. The molecule has 0 radical (unpaired) electrons. The number of methoxy groups -OCH3 is 1. The first-order chi connectivity index (χ1) is 10.5. The highest BCUT2D eigenvalue weighted by Crippen LogP contribution is 2.15. The number of anilines is 2. The van der Waals surface area contributed by atoms with Crippen LogP contribution in [-0.2, 0) is 23.6 Å². The normalized spacial score (nSPS) is 10.1. The molecule has 116 valence electrons. The molecule has 0 bridgehead atoms. The summed E-state index contributed by atoms with van der Waals surface area (Å²) in [5.41, 5.74) is 0.738. The van der Waals surface area contributed by atoms with Crippen LogP contribution in [0, 0.1) is 0 Å². The zero-order chi connectivity index (χ0) is 16.3. The van der Waals surface area contributed by atoms with Crippen molar-refractivity contribution < 1.29 is 19.1 Å². The third-order valence-electron chi connectivity index (χ3n) is 2.94. The van der Waals surface area contributed by atoms with Crippen LogP contribution in [0.4, 0.5) is 11.5 Å². The Morgan fingerprint density at radius 1 is 1.27 bits per heavy atom. The van der Waals surface area contributed by atoms with Gasteiger partial charge in [0.2, 0.25) is 12.2 Å². The van der Waals surface area contributed by atoms with Crippen molar-refractivity contribution in [3.63, 3.8) is 0 Å². The van der Waals surface area contributed by atoms with Gasteiger partial charge in [0.25, 0.3) is 5.91 Å². The van der Waals surface area contributed by atoms with Crippen molar-refractivity contribution in [2.24, 2.45) is 14.1 Å². The second-order valence-electron chi connectivity index (χ2n) is 4.49. The maximum absolute atomic E-state index is 12.2. The Hall–Kier alpha value is -3.10. The van der Waals surface area contributed by atoms with E-state index in [2.05, 4.69) is 20.4 Å². The van der Waals surface area contributed by atoms with Crippen molar-refractivity contribution in [2.45, 2.75) is 0 Å². The first-order valence-corrected chi connectivity index (χ1v) is 6.25. The fourth-order valence-electron chi connectivity index (χ4n) is 1.93. The van der Waals surface area contributed by atoms with E-state index in [0.717, 1.165) is 0 Å². The molecule has 0 aliphatic heterocycles. The number of nitrogens with one attached hydrogen (secondary N) is 2. The van der Waals surface area contributed by atoms with Crippen molar-refractivity contribution in [1.82, 2.24) is 14.1 Å². The average molecular weight is 305 g/mol. The van der Waals surface area contributed by atoms with Gasteiger partial charge in [0.1, 0.15) is 5.69 Å². The number of esters is 1. The molecule has 0 fully saturated rings. The van der Waals surface area contributed by atoms with Crippen LogP contribution in [0.2, 0.25) is 0 Å². The van der Waals surface area contributed by atoms with Gasteiger partial charge in [-0.3, -0.25) is 9.59 Å². The van der Waals surface area contributed by atoms with E-state index in [4.69, 9.17) is 0 Å². The number of nitrogens with zero attached hydrogens (tertiary/aromatic N) is 3. The van der Waals surface area contributed by atoms with E-state index in [-0.39, 0.29) is 11.6 Å². The van der Waals surface area contributed by atoms with Crippen LogP contribution in [0.25, 0.3) is 0 Å². The van der Waals surface area contributed by atoms with Crippen LogP contribution < -0.4 is 10.6 Å². The summed E-state index contributed by atoms with van der Waals surface area (Å²) in [6.07, 6.45) is 3.57. The zero-order valence-electron chi connectivity index (χ0n) is 12.3. The molecule has 0 aromatic carbocycles. The number of carbonyl (C=O) groups is 3. The molecule has 2 rings (SSSR count). The van der Waals surface area contributed by atoms with Crippen LogP contribution >= 0.6 is 0 Å². The maximum Gasteiger partial charge on any atom is 0.354 e. The predicted molar refractivity (Wildman–Crippen MR) is 77.6 cm³/mol. The number of rotatable bonds is 5. The molecule has 0 spiro atoms. The number of carbonyl (C=O) groups excluding carboxylic acids is 3. The van der Waals surface area contributed by atoms with Crippen molar-refractivity contribution in [3.8, 4) is 0 Å². The molecule has 2 aromatic heterocycles. The molecule has 2 N–H and O–H groups in total. The van der Waals surface area contributed by atoms with Crippen LogP contribution in [0.15, 0.2) is 18.5 Å². The molecule has 0 saturated heterocycles. The summed E-state index contributed by atoms with van der Waals surface area (Å²) >= 11 is 0. The lowest BCUT2D eigenvalue weighted by atomic mass is 10.4. The van der Waals surface area contributed by atoms with Gasteiger partial charge in [-0.25, -0.2) is 9.78 Å². The number of imidazole rings is 1. The molecule has 0 aliphatic rings. The fraction of sp³-hybridized carbons (Fsp3) is 0.231. The van der Waals surface area contributed by atoms with E-state index in [1.165, 1.54) is 23.9 Å². The molecule has 2 amide bonds. The quantitative estimate of drug-likeness (QED) is 0.613. The largest absolute Gasteiger partial charge is 0.464 e. The molecule has 0 unspecified atom stereocenters. The molecule has 9 nitrogen and oxygen atoms in total. The number of aryl methyl sites for hydroxylation is 2. The van der Waals surface area contributed by atoms with E-state index >= 15 is 0 Å². The van der Waals surface area contributed by atoms with Gasteiger partial charge in [-0.1, -0.05) is 0 Å². The van der Waals surface area contributed by atoms with Gasteiger partial charge < -0.3 is 24.5 Å². The van der Waals surface area contributed by atoms with Crippen molar-refractivity contribution in [3.05, 3.63) is 30.0 Å². The third kappa shape index (κ3) is 2.97. The average Bonchev–Trinajstić information content (AvgIpc) is 3.01. The number of hydrogen-bond donors (Lipinski definition) is 2. The smallest absolute Gasteiger partial charge is 0.354 e.